The number of hydrogen-bond donors (Lipinski definition) is 1. The molecule has 14 heavy (non-hydrogen) atoms. The summed E-state index contributed by atoms with van der Waals surface area (Å²) in [5, 5.41) is 0. The van der Waals surface area contributed by atoms with Crippen molar-refractivity contribution in [2.24, 2.45) is 0 Å². The zero-order chi connectivity index (χ0) is 10.3. The van der Waals surface area contributed by atoms with E-state index >= 15 is 0 Å². The van der Waals surface area contributed by atoms with Crippen LogP contribution in [-0.2, 0) is 6.42 Å². The van der Waals surface area contributed by atoms with E-state index in [0.29, 0.717) is 5.75 Å². The van der Waals surface area contributed by atoms with E-state index in [0.717, 1.165) is 18.4 Å². The number of halogens is 1. The Labute approximate surface area is 82.9 Å². The first-order valence-corrected chi connectivity index (χ1v) is 4.75. The minimum Gasteiger partial charge on any atom is -0.485 e. The number of ether oxygens (including phenoxy) is 1. The van der Waals surface area contributed by atoms with Gasteiger partial charge in [0.1, 0.15) is 22.9 Å². The third-order valence-corrected chi connectivity index (χ3v) is 2.60. The van der Waals surface area contributed by atoms with Gasteiger partial charge in [-0.05, 0) is 38.3 Å². The smallest absolute Gasteiger partial charge is 0.149 e. The minimum absolute atomic E-state index is 0.135. The fraction of sp³-hybridized carbons (Fsp3) is 0.455. The lowest BCUT2D eigenvalue weighted by molar-refractivity contribution is 0.0853. The molecule has 3 heteroatoms. The molecule has 0 amide bonds. The standard InChI is InChI=1S/C11H14FNO/c1-11(2)6-5-7-3-4-8(12)9(13)10(7)14-11/h3-4H,5-6,13H2,1-2H3. The van der Waals surface area contributed by atoms with Crippen LogP contribution in [-0.4, -0.2) is 5.60 Å². The molecule has 0 saturated carbocycles. The molecule has 1 aliphatic heterocycles. The molecule has 1 aromatic carbocycles. The van der Waals surface area contributed by atoms with Crippen molar-refractivity contribution in [1.82, 2.24) is 0 Å². The number of aryl methyl sites for hydroxylation is 1. The predicted octanol–water partition coefficient (Wildman–Crippen LogP) is 2.51. The molecule has 0 unspecified atom stereocenters. The van der Waals surface area contributed by atoms with E-state index in [1.54, 1.807) is 6.07 Å². The highest BCUT2D eigenvalue weighted by molar-refractivity contribution is 5.58. The maximum Gasteiger partial charge on any atom is 0.149 e. The van der Waals surface area contributed by atoms with Gasteiger partial charge in [-0.3, -0.25) is 0 Å². The van der Waals surface area contributed by atoms with Crippen LogP contribution in [0.5, 0.6) is 5.75 Å². The molecule has 2 rings (SSSR count). The van der Waals surface area contributed by atoms with Gasteiger partial charge in [0.05, 0.1) is 0 Å². The summed E-state index contributed by atoms with van der Waals surface area (Å²) in [6.07, 6.45) is 1.83. The van der Waals surface area contributed by atoms with Gasteiger partial charge in [-0.15, -0.1) is 0 Å². The Balaban J connectivity index is 2.49. The van der Waals surface area contributed by atoms with Crippen LogP contribution in [0, 0.1) is 5.82 Å². The lowest BCUT2D eigenvalue weighted by atomic mass is 9.94. The van der Waals surface area contributed by atoms with E-state index in [9.17, 15) is 4.39 Å². The molecule has 1 aromatic rings. The van der Waals surface area contributed by atoms with Crippen LogP contribution in [0.2, 0.25) is 0 Å². The summed E-state index contributed by atoms with van der Waals surface area (Å²) in [6.45, 7) is 3.97. The average Bonchev–Trinajstić information content (AvgIpc) is 2.11. The fourth-order valence-electron chi connectivity index (χ4n) is 1.70. The highest BCUT2D eigenvalue weighted by Crippen LogP contribution is 2.38. The summed E-state index contributed by atoms with van der Waals surface area (Å²) >= 11 is 0. The quantitative estimate of drug-likeness (QED) is 0.645. The normalized spacial score (nSPS) is 18.5. The molecule has 1 heterocycles. The van der Waals surface area contributed by atoms with E-state index in [1.807, 2.05) is 13.8 Å². The highest BCUT2D eigenvalue weighted by atomic mass is 19.1. The van der Waals surface area contributed by atoms with Crippen molar-refractivity contribution in [2.75, 3.05) is 5.73 Å². The Bertz CT molecular complexity index is 374. The number of nitrogens with two attached hydrogens (primary N) is 1. The summed E-state index contributed by atoms with van der Waals surface area (Å²) < 4.78 is 18.8. The first-order valence-electron chi connectivity index (χ1n) is 4.75. The Hall–Kier alpha value is -1.25. The number of benzene rings is 1. The van der Waals surface area contributed by atoms with Crippen LogP contribution in [0.15, 0.2) is 12.1 Å². The Morgan fingerprint density at radius 2 is 2.14 bits per heavy atom. The Morgan fingerprint density at radius 3 is 2.86 bits per heavy atom. The van der Waals surface area contributed by atoms with Crippen molar-refractivity contribution in [1.29, 1.82) is 0 Å². The van der Waals surface area contributed by atoms with Gasteiger partial charge in [0.15, 0.2) is 0 Å². The van der Waals surface area contributed by atoms with Gasteiger partial charge < -0.3 is 10.5 Å². The van der Waals surface area contributed by atoms with Crippen molar-refractivity contribution in [3.05, 3.63) is 23.5 Å². The Kier molecular flexibility index (Phi) is 1.91. The maximum absolute atomic E-state index is 13.2. The van der Waals surface area contributed by atoms with Gasteiger partial charge in [0.2, 0.25) is 0 Å². The molecule has 2 N–H and O–H groups in total. The second kappa shape index (κ2) is 2.87. The van der Waals surface area contributed by atoms with Crippen molar-refractivity contribution in [3.8, 4) is 5.75 Å². The number of hydrogen-bond acceptors (Lipinski definition) is 2. The predicted molar refractivity (Wildman–Crippen MR) is 53.8 cm³/mol. The van der Waals surface area contributed by atoms with E-state index in [1.165, 1.54) is 6.07 Å². The van der Waals surface area contributed by atoms with E-state index in [4.69, 9.17) is 10.5 Å². The fourth-order valence-corrected chi connectivity index (χ4v) is 1.70. The molecule has 0 fully saturated rings. The average molecular weight is 195 g/mol. The molecule has 0 aliphatic carbocycles. The molecule has 2 nitrogen and oxygen atoms in total. The molecular weight excluding hydrogens is 181 g/mol. The zero-order valence-electron chi connectivity index (χ0n) is 8.43. The molecule has 1 aliphatic rings. The molecule has 0 bridgehead atoms. The molecule has 0 aromatic heterocycles. The van der Waals surface area contributed by atoms with Gasteiger partial charge in [-0.1, -0.05) is 6.07 Å². The topological polar surface area (TPSA) is 35.2 Å². The van der Waals surface area contributed by atoms with Crippen LogP contribution in [0.3, 0.4) is 0 Å². The van der Waals surface area contributed by atoms with Crippen LogP contribution in [0.4, 0.5) is 10.1 Å². The van der Waals surface area contributed by atoms with Crippen LogP contribution < -0.4 is 10.5 Å². The highest BCUT2D eigenvalue weighted by Gasteiger charge is 2.28. The lowest BCUT2D eigenvalue weighted by Gasteiger charge is -2.33. The second-order valence-corrected chi connectivity index (χ2v) is 4.31. The van der Waals surface area contributed by atoms with Crippen LogP contribution in [0.25, 0.3) is 0 Å². The maximum atomic E-state index is 13.2. The summed E-state index contributed by atoms with van der Waals surface area (Å²) in [6, 6.07) is 3.14. The van der Waals surface area contributed by atoms with Gasteiger partial charge in [-0.2, -0.15) is 0 Å². The van der Waals surface area contributed by atoms with Crippen molar-refractivity contribution < 1.29 is 9.13 Å². The summed E-state index contributed by atoms with van der Waals surface area (Å²) in [5.41, 5.74) is 6.52. The van der Waals surface area contributed by atoms with Gasteiger partial charge in [0, 0.05) is 0 Å². The number of nitrogen functional groups attached to an aromatic ring is 1. The van der Waals surface area contributed by atoms with E-state index in [-0.39, 0.29) is 11.3 Å². The van der Waals surface area contributed by atoms with E-state index < -0.39 is 5.82 Å². The first kappa shape index (κ1) is 9.31. The number of rotatable bonds is 0. The largest absolute Gasteiger partial charge is 0.485 e. The lowest BCUT2D eigenvalue weighted by Crippen LogP contribution is -2.33. The second-order valence-electron chi connectivity index (χ2n) is 4.31. The Morgan fingerprint density at radius 1 is 1.43 bits per heavy atom. The molecule has 0 radical (unpaired) electrons. The zero-order valence-corrected chi connectivity index (χ0v) is 8.43. The SMILES string of the molecule is CC1(C)CCc2ccc(F)c(N)c2O1. The molecule has 76 valence electrons. The number of anilines is 1. The van der Waals surface area contributed by atoms with E-state index in [2.05, 4.69) is 0 Å². The van der Waals surface area contributed by atoms with Gasteiger partial charge in [0.25, 0.3) is 0 Å². The third-order valence-electron chi connectivity index (χ3n) is 2.60. The molecular formula is C11H14FNO. The van der Waals surface area contributed by atoms with Gasteiger partial charge in [-0.25, -0.2) is 4.39 Å². The van der Waals surface area contributed by atoms with Gasteiger partial charge >= 0.3 is 0 Å². The molecule has 0 atom stereocenters. The molecule has 0 spiro atoms. The monoisotopic (exact) mass is 195 g/mol. The summed E-state index contributed by atoms with van der Waals surface area (Å²) in [5.74, 6) is 0.128. The molecule has 0 saturated heterocycles. The van der Waals surface area contributed by atoms with Crippen molar-refractivity contribution in [3.63, 3.8) is 0 Å². The van der Waals surface area contributed by atoms with Crippen molar-refractivity contribution >= 4 is 5.69 Å². The third kappa shape index (κ3) is 1.43. The van der Waals surface area contributed by atoms with Crippen molar-refractivity contribution in [2.45, 2.75) is 32.3 Å². The first-order chi connectivity index (χ1) is 6.49. The number of fused-ring (bicyclic) bond motifs is 1. The van der Waals surface area contributed by atoms with Crippen LogP contribution >= 0.6 is 0 Å². The summed E-state index contributed by atoms with van der Waals surface area (Å²) in [7, 11) is 0. The summed E-state index contributed by atoms with van der Waals surface area (Å²) in [4.78, 5) is 0. The van der Waals surface area contributed by atoms with Crippen LogP contribution in [0.1, 0.15) is 25.8 Å². The minimum atomic E-state index is -0.401.